The SMILES string of the molecule is CC[C@H](C)[C@H]1C(=O)N(C)[C@@H]([C@@H](C)CC)C(=O)NCC(=O)N(C)[C@@H](C(C)C)C(=O)N[C@@H](Cc2ccc(OC)cc2)C(=O)O[C@H](C)C(=O)N2CCCC[C@H]2C(=O)N(C)[C@@H](C(C)C)C(=O)N[C@@H](C(C)C)C(=O)N(C)[C@H](CC(=O)N[C@H](CO[Si](CC)(CC)C(C)(C)C)C(C)C)C(=O)N1C. The van der Waals surface area contributed by atoms with E-state index in [0.717, 1.165) is 17.0 Å². The Bertz CT molecular complexity index is 2790. The lowest BCUT2D eigenvalue weighted by atomic mass is 9.92. The van der Waals surface area contributed by atoms with Crippen LogP contribution >= 0.6 is 0 Å². The Morgan fingerprint density at radius 3 is 1.67 bits per heavy atom. The Kier molecular flexibility index (Phi) is 31.9. The monoisotopic (exact) mass is 1350 g/mol. The maximum absolute atomic E-state index is 15.7. The summed E-state index contributed by atoms with van der Waals surface area (Å²) in [6, 6.07) is -2.39. The number of esters is 1. The van der Waals surface area contributed by atoms with Crippen molar-refractivity contribution in [2.75, 3.05) is 62.0 Å². The molecule has 0 aliphatic carbocycles. The summed E-state index contributed by atoms with van der Waals surface area (Å²) in [4.78, 5) is 171. The lowest BCUT2D eigenvalue weighted by molar-refractivity contribution is -0.165. The molecule has 25 heteroatoms. The Balaban J connectivity index is 2.35. The molecule has 1 aromatic carbocycles. The number of cyclic esters (lactones) is 1. The van der Waals surface area contributed by atoms with E-state index >= 15 is 14.4 Å². The molecule has 0 spiro atoms. The third kappa shape index (κ3) is 20.9. The highest BCUT2D eigenvalue weighted by atomic mass is 28.4. The largest absolute Gasteiger partial charge is 0.497 e. The van der Waals surface area contributed by atoms with Gasteiger partial charge in [0.15, 0.2) is 14.4 Å². The van der Waals surface area contributed by atoms with Crippen molar-refractivity contribution in [3.8, 4) is 5.75 Å². The summed E-state index contributed by atoms with van der Waals surface area (Å²) in [6.45, 7) is 33.3. The predicted molar refractivity (Wildman–Crippen MR) is 368 cm³/mol. The van der Waals surface area contributed by atoms with Gasteiger partial charge in [0.2, 0.25) is 53.2 Å². The molecular weight excluding hydrogens is 1230 g/mol. The molecule has 1 aromatic rings. The number of rotatable bonds is 19. The molecule has 12 atom stereocenters. The van der Waals surface area contributed by atoms with Gasteiger partial charge in [-0.25, -0.2) is 4.79 Å². The molecule has 538 valence electrons. The second kappa shape index (κ2) is 36.6. The normalized spacial score (nSPS) is 25.2. The fourth-order valence-corrected chi connectivity index (χ4v) is 17.3. The van der Waals surface area contributed by atoms with E-state index < -0.39 is 176 Å². The summed E-state index contributed by atoms with van der Waals surface area (Å²) < 4.78 is 18.1. The number of carbonyl (C=O) groups excluding carboxylic acids is 11. The Hall–Kier alpha value is -6.63. The number of carbonyl (C=O) groups is 11. The van der Waals surface area contributed by atoms with Crippen molar-refractivity contribution in [1.29, 1.82) is 0 Å². The fourth-order valence-electron chi connectivity index (χ4n) is 13.3. The van der Waals surface area contributed by atoms with E-state index in [1.807, 2.05) is 27.7 Å². The van der Waals surface area contributed by atoms with Gasteiger partial charge in [-0.1, -0.05) is 143 Å². The molecule has 0 saturated carbocycles. The summed E-state index contributed by atoms with van der Waals surface area (Å²) >= 11 is 0. The minimum absolute atomic E-state index is 0.111. The number of hydrogen-bond acceptors (Lipinski definition) is 14. The molecule has 0 bridgehead atoms. The van der Waals surface area contributed by atoms with Crippen molar-refractivity contribution in [3.05, 3.63) is 29.8 Å². The molecule has 0 radical (unpaired) electrons. The van der Waals surface area contributed by atoms with Crippen LogP contribution in [0.15, 0.2) is 24.3 Å². The maximum Gasteiger partial charge on any atom is 0.329 e. The highest BCUT2D eigenvalue weighted by molar-refractivity contribution is 6.76. The van der Waals surface area contributed by atoms with Crippen molar-refractivity contribution >= 4 is 73.4 Å². The van der Waals surface area contributed by atoms with Crippen LogP contribution in [-0.2, 0) is 68.3 Å². The first-order chi connectivity index (χ1) is 44.2. The number of amides is 10. The number of piperidine rings is 1. The zero-order chi connectivity index (χ0) is 72.5. The average Bonchev–Trinajstić information content (AvgIpc) is 0.822. The zero-order valence-corrected chi connectivity index (χ0v) is 62.9. The first-order valence-electron chi connectivity index (χ1n) is 34.5. The molecule has 0 unspecified atom stereocenters. The van der Waals surface area contributed by atoms with Crippen LogP contribution in [0.1, 0.15) is 169 Å². The van der Waals surface area contributed by atoms with Crippen molar-refractivity contribution in [3.63, 3.8) is 0 Å². The molecule has 24 nitrogen and oxygen atoms in total. The molecule has 10 amide bonds. The molecule has 0 aromatic heterocycles. The van der Waals surface area contributed by atoms with Gasteiger partial charge in [0.25, 0.3) is 5.91 Å². The van der Waals surface area contributed by atoms with E-state index in [-0.39, 0.29) is 36.9 Å². The van der Waals surface area contributed by atoms with Crippen LogP contribution in [-0.4, -0.2) is 225 Å². The molecule has 2 heterocycles. The lowest BCUT2D eigenvalue weighted by Crippen LogP contribution is -2.63. The summed E-state index contributed by atoms with van der Waals surface area (Å²) in [5.74, 6) is -10.2. The van der Waals surface area contributed by atoms with Gasteiger partial charge in [-0.05, 0) is 96.5 Å². The van der Waals surface area contributed by atoms with Crippen LogP contribution < -0.4 is 26.0 Å². The van der Waals surface area contributed by atoms with E-state index in [1.54, 1.807) is 79.7 Å². The summed E-state index contributed by atoms with van der Waals surface area (Å²) in [5.41, 5.74) is 0.587. The number of fused-ring (bicyclic) bond motifs is 1. The van der Waals surface area contributed by atoms with Gasteiger partial charge in [-0.15, -0.1) is 0 Å². The van der Waals surface area contributed by atoms with Crippen LogP contribution in [0.2, 0.25) is 17.1 Å². The van der Waals surface area contributed by atoms with Gasteiger partial charge in [-0.2, -0.15) is 0 Å². The van der Waals surface area contributed by atoms with Gasteiger partial charge in [0.05, 0.1) is 32.7 Å². The van der Waals surface area contributed by atoms with Crippen LogP contribution in [0.5, 0.6) is 5.75 Å². The molecule has 2 aliphatic rings. The number of nitrogens with zero attached hydrogens (tertiary/aromatic N) is 6. The van der Waals surface area contributed by atoms with E-state index in [0.29, 0.717) is 37.0 Å². The first-order valence-corrected chi connectivity index (χ1v) is 36.8. The Morgan fingerprint density at radius 2 is 1.17 bits per heavy atom. The highest BCUT2D eigenvalue weighted by Gasteiger charge is 2.48. The number of methoxy groups -OCH3 is 1. The molecule has 3 rings (SSSR count). The Labute approximate surface area is 568 Å². The topological polar surface area (TPSA) is 283 Å². The van der Waals surface area contributed by atoms with Gasteiger partial charge in [0, 0.05) is 48.2 Å². The van der Waals surface area contributed by atoms with Crippen LogP contribution in [0.4, 0.5) is 0 Å². The summed E-state index contributed by atoms with van der Waals surface area (Å²) in [5, 5.41) is 11.4. The van der Waals surface area contributed by atoms with Crippen LogP contribution in [0, 0.1) is 35.5 Å². The smallest absolute Gasteiger partial charge is 0.329 e. The lowest BCUT2D eigenvalue weighted by Gasteiger charge is -2.42. The van der Waals surface area contributed by atoms with Gasteiger partial charge in [0.1, 0.15) is 54.1 Å². The van der Waals surface area contributed by atoms with Crippen molar-refractivity contribution < 1.29 is 66.6 Å². The number of likely N-dealkylation sites (N-methyl/N-ethyl adjacent to an activating group) is 5. The third-order valence-electron chi connectivity index (χ3n) is 20.0. The quantitative estimate of drug-likeness (QED) is 0.0890. The molecule has 2 saturated heterocycles. The third-order valence-corrected chi connectivity index (χ3v) is 25.8. The number of hydrogen-bond donors (Lipinski definition) is 4. The fraction of sp³-hybridized carbons (Fsp3) is 0.757. The highest BCUT2D eigenvalue weighted by Crippen LogP contribution is 2.42. The average molecular weight is 1350 g/mol. The molecule has 95 heavy (non-hydrogen) atoms. The first kappa shape index (κ1) is 82.6. The second-order valence-electron chi connectivity index (χ2n) is 28.9. The maximum atomic E-state index is 15.7. The summed E-state index contributed by atoms with van der Waals surface area (Å²) in [6.07, 6.45) is -0.133. The zero-order valence-electron chi connectivity index (χ0n) is 61.9. The predicted octanol–water partition coefficient (Wildman–Crippen LogP) is 6.18. The Morgan fingerprint density at radius 1 is 0.642 bits per heavy atom. The minimum Gasteiger partial charge on any atom is -0.497 e. The van der Waals surface area contributed by atoms with E-state index in [9.17, 15) is 38.4 Å². The standard InChI is InChI=1S/C70H120N10O14Si/c1-25-45(13)59-61(83)71-39-55(82)76(20)57(43(9)10)62(84)73-50(37-48-32-34-49(92-24)35-33-48)69(91)94-47(15)64(86)80-36-30-29-31-52(80)65(87)77(21)58(44(11)12)63(85)74-56(42(7)8)67(89)75(19)53(66(88)79(23)60(46(14)26-2)68(90)78(59)22)38-54(81)72-51(41(5)6)40-93-95(27-3,28-4)70(16,17)18/h32-35,41-47,50-53,56-60H,25-31,36-40H2,1-24H3,(H,71,83)(H,72,81)(H,73,84)(H,74,85)/t45-,46-,47+,50-,51+,52-,53+,56-,57-,58-,59-,60-/m0/s1. The number of ether oxygens (including phenoxy) is 2. The molecule has 2 fully saturated rings. The second-order valence-corrected chi connectivity index (χ2v) is 34.1. The van der Waals surface area contributed by atoms with Crippen molar-refractivity contribution in [2.24, 2.45) is 35.5 Å². The van der Waals surface area contributed by atoms with Gasteiger partial charge < -0.3 is 64.6 Å². The van der Waals surface area contributed by atoms with Crippen LogP contribution in [0.25, 0.3) is 0 Å². The molecule has 4 N–H and O–H groups in total. The van der Waals surface area contributed by atoms with E-state index in [4.69, 9.17) is 13.9 Å². The molecular formula is C70H120N10O14Si. The number of benzene rings is 1. The van der Waals surface area contributed by atoms with Gasteiger partial charge in [-0.3, -0.25) is 47.9 Å². The van der Waals surface area contributed by atoms with E-state index in [2.05, 4.69) is 55.9 Å². The van der Waals surface area contributed by atoms with Gasteiger partial charge >= 0.3 is 5.97 Å². The van der Waals surface area contributed by atoms with E-state index in [1.165, 1.54) is 73.8 Å². The molecule has 2 aliphatic heterocycles. The van der Waals surface area contributed by atoms with Crippen molar-refractivity contribution in [2.45, 2.75) is 247 Å². The summed E-state index contributed by atoms with van der Waals surface area (Å²) in [7, 11) is 6.25. The van der Waals surface area contributed by atoms with Crippen molar-refractivity contribution in [1.82, 2.24) is 50.7 Å². The number of nitrogens with one attached hydrogen (secondary N) is 4. The van der Waals surface area contributed by atoms with Crippen LogP contribution in [0.3, 0.4) is 0 Å². The minimum atomic E-state index is -2.35.